The third-order valence-electron chi connectivity index (χ3n) is 1.81. The van der Waals surface area contributed by atoms with Crippen molar-refractivity contribution in [2.45, 2.75) is 6.92 Å². The van der Waals surface area contributed by atoms with E-state index in [2.05, 4.69) is 0 Å². The summed E-state index contributed by atoms with van der Waals surface area (Å²) in [7, 11) is 0. The quantitative estimate of drug-likeness (QED) is 0.439. The van der Waals surface area contributed by atoms with Gasteiger partial charge in [-0.05, 0) is 11.8 Å². The average molecular weight is 245 g/mol. The molecule has 0 saturated heterocycles. The van der Waals surface area contributed by atoms with E-state index in [-0.39, 0.29) is 11.4 Å². The van der Waals surface area contributed by atoms with Crippen LogP contribution in [0.15, 0.2) is 18.2 Å². The molecular formula is C10H12FNO3S. The van der Waals surface area contributed by atoms with Crippen molar-refractivity contribution in [1.29, 1.82) is 0 Å². The van der Waals surface area contributed by atoms with E-state index in [9.17, 15) is 14.5 Å². The predicted molar refractivity (Wildman–Crippen MR) is 61.5 cm³/mol. The van der Waals surface area contributed by atoms with Gasteiger partial charge in [0.1, 0.15) is 5.82 Å². The summed E-state index contributed by atoms with van der Waals surface area (Å²) >= 11 is 1.66. The Morgan fingerprint density at radius 2 is 2.31 bits per heavy atom. The maximum Gasteiger partial charge on any atom is 0.311 e. The first-order valence-corrected chi connectivity index (χ1v) is 5.95. The van der Waals surface area contributed by atoms with E-state index in [1.807, 2.05) is 6.92 Å². The van der Waals surface area contributed by atoms with E-state index >= 15 is 0 Å². The predicted octanol–water partition coefficient (Wildman–Crippen LogP) is 2.87. The molecule has 1 aromatic rings. The summed E-state index contributed by atoms with van der Waals surface area (Å²) in [5.74, 6) is 1.13. The van der Waals surface area contributed by atoms with Crippen LogP contribution in [0.1, 0.15) is 6.92 Å². The lowest BCUT2D eigenvalue weighted by Crippen LogP contribution is -2.03. The van der Waals surface area contributed by atoms with Gasteiger partial charge in [-0.2, -0.15) is 11.8 Å². The Hall–Kier alpha value is -1.30. The first kappa shape index (κ1) is 12.8. The molecule has 0 unspecified atom stereocenters. The number of ether oxygens (including phenoxy) is 1. The monoisotopic (exact) mass is 245 g/mol. The largest absolute Gasteiger partial charge is 0.486 e. The highest BCUT2D eigenvalue weighted by Crippen LogP contribution is 2.27. The van der Waals surface area contributed by atoms with Gasteiger partial charge in [0.2, 0.25) is 0 Å². The van der Waals surface area contributed by atoms with Crippen molar-refractivity contribution in [3.8, 4) is 5.75 Å². The van der Waals surface area contributed by atoms with Gasteiger partial charge in [-0.3, -0.25) is 10.1 Å². The summed E-state index contributed by atoms with van der Waals surface area (Å²) < 4.78 is 18.1. The summed E-state index contributed by atoms with van der Waals surface area (Å²) in [4.78, 5) is 10.0. The van der Waals surface area contributed by atoms with Crippen LogP contribution in [-0.2, 0) is 0 Å². The standard InChI is InChI=1S/C10H12FNO3S/c1-2-16-6-5-15-10-7-8(11)3-4-9(10)12(13)14/h3-4,7H,2,5-6H2,1H3. The zero-order valence-electron chi connectivity index (χ0n) is 8.81. The normalized spacial score (nSPS) is 10.1. The van der Waals surface area contributed by atoms with Crippen LogP contribution in [0.5, 0.6) is 5.75 Å². The lowest BCUT2D eigenvalue weighted by atomic mass is 10.3. The van der Waals surface area contributed by atoms with Crippen molar-refractivity contribution in [3.63, 3.8) is 0 Å². The number of rotatable bonds is 6. The number of benzene rings is 1. The van der Waals surface area contributed by atoms with Crippen molar-refractivity contribution in [1.82, 2.24) is 0 Å². The van der Waals surface area contributed by atoms with E-state index in [1.54, 1.807) is 11.8 Å². The topological polar surface area (TPSA) is 52.4 Å². The van der Waals surface area contributed by atoms with E-state index in [4.69, 9.17) is 4.74 Å². The highest BCUT2D eigenvalue weighted by atomic mass is 32.2. The summed E-state index contributed by atoms with van der Waals surface area (Å²) in [5.41, 5.74) is -0.206. The van der Waals surface area contributed by atoms with Crippen molar-refractivity contribution in [2.24, 2.45) is 0 Å². The number of hydrogen-bond donors (Lipinski definition) is 0. The third kappa shape index (κ3) is 3.69. The minimum atomic E-state index is -0.582. The molecule has 0 N–H and O–H groups in total. The van der Waals surface area contributed by atoms with Crippen LogP contribution in [0.3, 0.4) is 0 Å². The van der Waals surface area contributed by atoms with Crippen molar-refractivity contribution < 1.29 is 14.1 Å². The maximum atomic E-state index is 12.9. The van der Waals surface area contributed by atoms with Gasteiger partial charge in [0.15, 0.2) is 5.75 Å². The molecule has 0 amide bonds. The zero-order valence-corrected chi connectivity index (χ0v) is 9.63. The van der Waals surface area contributed by atoms with Gasteiger partial charge in [-0.15, -0.1) is 0 Å². The second-order valence-corrected chi connectivity index (χ2v) is 4.31. The van der Waals surface area contributed by atoms with Crippen LogP contribution >= 0.6 is 11.8 Å². The van der Waals surface area contributed by atoms with Gasteiger partial charge in [0.25, 0.3) is 0 Å². The number of nitrogens with zero attached hydrogens (tertiary/aromatic N) is 1. The van der Waals surface area contributed by atoms with Crippen LogP contribution in [0.4, 0.5) is 10.1 Å². The Morgan fingerprint density at radius 1 is 1.56 bits per heavy atom. The number of thioether (sulfide) groups is 1. The lowest BCUT2D eigenvalue weighted by molar-refractivity contribution is -0.385. The molecule has 0 radical (unpaired) electrons. The fraction of sp³-hybridized carbons (Fsp3) is 0.400. The van der Waals surface area contributed by atoms with Crippen molar-refractivity contribution in [3.05, 3.63) is 34.1 Å². The SMILES string of the molecule is CCSCCOc1cc(F)ccc1[N+](=O)[O-]. The molecule has 4 nitrogen and oxygen atoms in total. The molecular weight excluding hydrogens is 233 g/mol. The third-order valence-corrected chi connectivity index (χ3v) is 2.67. The molecule has 0 spiro atoms. The molecule has 0 bridgehead atoms. The molecule has 0 aromatic heterocycles. The second-order valence-electron chi connectivity index (χ2n) is 2.91. The molecule has 0 aliphatic rings. The highest BCUT2D eigenvalue weighted by molar-refractivity contribution is 7.99. The van der Waals surface area contributed by atoms with Gasteiger partial charge >= 0.3 is 5.69 Å². The van der Waals surface area contributed by atoms with Gasteiger partial charge in [-0.25, -0.2) is 4.39 Å². The van der Waals surface area contributed by atoms with E-state index < -0.39 is 10.7 Å². The summed E-state index contributed by atoms with van der Waals surface area (Å²) in [6.07, 6.45) is 0. The Bertz CT molecular complexity index is 373. The van der Waals surface area contributed by atoms with Gasteiger partial charge in [0, 0.05) is 17.9 Å². The fourth-order valence-corrected chi connectivity index (χ4v) is 1.60. The molecule has 0 aliphatic carbocycles. The van der Waals surface area contributed by atoms with Crippen molar-refractivity contribution in [2.75, 3.05) is 18.1 Å². The number of hydrogen-bond acceptors (Lipinski definition) is 4. The Balaban J connectivity index is 2.68. The first-order chi connectivity index (χ1) is 7.65. The van der Waals surface area contributed by atoms with Crippen LogP contribution in [-0.4, -0.2) is 23.0 Å². The minimum absolute atomic E-state index is 0.0123. The molecule has 16 heavy (non-hydrogen) atoms. The first-order valence-electron chi connectivity index (χ1n) is 4.79. The second kappa shape index (κ2) is 6.32. The Labute approximate surface area is 96.9 Å². The zero-order chi connectivity index (χ0) is 12.0. The molecule has 6 heteroatoms. The van der Waals surface area contributed by atoms with Gasteiger partial charge < -0.3 is 4.74 Å². The summed E-state index contributed by atoms with van der Waals surface area (Å²) in [6, 6.07) is 3.19. The Kier molecular flexibility index (Phi) is 5.04. The summed E-state index contributed by atoms with van der Waals surface area (Å²) in [6.45, 7) is 2.35. The maximum absolute atomic E-state index is 12.9. The summed E-state index contributed by atoms with van der Waals surface area (Å²) in [5, 5.41) is 10.6. The number of nitro groups is 1. The molecule has 0 fully saturated rings. The van der Waals surface area contributed by atoms with E-state index in [0.717, 1.165) is 29.7 Å². The van der Waals surface area contributed by atoms with Crippen LogP contribution in [0, 0.1) is 15.9 Å². The van der Waals surface area contributed by atoms with Crippen LogP contribution < -0.4 is 4.74 Å². The molecule has 0 aliphatic heterocycles. The Morgan fingerprint density at radius 3 is 2.94 bits per heavy atom. The van der Waals surface area contributed by atoms with Crippen LogP contribution in [0.2, 0.25) is 0 Å². The minimum Gasteiger partial charge on any atom is -0.486 e. The van der Waals surface area contributed by atoms with E-state index in [0.29, 0.717) is 6.61 Å². The fourth-order valence-electron chi connectivity index (χ4n) is 1.11. The molecule has 88 valence electrons. The number of halogens is 1. The molecule has 0 saturated carbocycles. The van der Waals surface area contributed by atoms with Gasteiger partial charge in [0.05, 0.1) is 11.5 Å². The molecule has 0 heterocycles. The van der Waals surface area contributed by atoms with Crippen LogP contribution in [0.25, 0.3) is 0 Å². The molecule has 1 aromatic carbocycles. The van der Waals surface area contributed by atoms with E-state index in [1.165, 1.54) is 0 Å². The highest BCUT2D eigenvalue weighted by Gasteiger charge is 2.15. The van der Waals surface area contributed by atoms with Crippen molar-refractivity contribution >= 4 is 17.4 Å². The van der Waals surface area contributed by atoms with Gasteiger partial charge in [-0.1, -0.05) is 6.92 Å². The molecule has 0 atom stereocenters. The average Bonchev–Trinajstić information content (AvgIpc) is 2.24. The lowest BCUT2D eigenvalue weighted by Gasteiger charge is -2.05. The molecule has 1 rings (SSSR count). The smallest absolute Gasteiger partial charge is 0.311 e. The number of nitro benzene ring substituents is 1.